The van der Waals surface area contributed by atoms with Crippen LogP contribution in [0.4, 0.5) is 5.82 Å². The summed E-state index contributed by atoms with van der Waals surface area (Å²) >= 11 is 6.14. The van der Waals surface area contributed by atoms with Crippen LogP contribution in [0, 0.1) is 13.8 Å². The maximum absolute atomic E-state index is 13.2. The van der Waals surface area contributed by atoms with E-state index >= 15 is 0 Å². The highest BCUT2D eigenvalue weighted by Gasteiger charge is 2.30. The van der Waals surface area contributed by atoms with E-state index in [9.17, 15) is 8.42 Å². The molecule has 1 saturated heterocycles. The molecule has 0 bridgehead atoms. The Morgan fingerprint density at radius 2 is 1.66 bits per heavy atom. The number of nitrogens with zero attached hydrogens (tertiary/aromatic N) is 4. The van der Waals surface area contributed by atoms with Crippen LogP contribution in [0.5, 0.6) is 5.75 Å². The first-order valence-corrected chi connectivity index (χ1v) is 12.1. The normalized spacial score (nSPS) is 15.1. The van der Waals surface area contributed by atoms with Gasteiger partial charge in [-0.05, 0) is 61.4 Å². The largest absolute Gasteiger partial charge is 0.496 e. The predicted molar refractivity (Wildman–Crippen MR) is 126 cm³/mol. The van der Waals surface area contributed by atoms with Crippen LogP contribution in [0.25, 0.3) is 11.3 Å². The molecule has 0 N–H and O–H groups in total. The smallest absolute Gasteiger partial charge is 0.243 e. The van der Waals surface area contributed by atoms with Crippen LogP contribution < -0.4 is 9.64 Å². The summed E-state index contributed by atoms with van der Waals surface area (Å²) < 4.78 is 33.3. The molecular weight excluding hydrogens is 448 g/mol. The Labute approximate surface area is 193 Å². The molecule has 7 nitrogen and oxygen atoms in total. The van der Waals surface area contributed by atoms with E-state index in [1.807, 2.05) is 48.2 Å². The highest BCUT2D eigenvalue weighted by Crippen LogP contribution is 2.29. The standard InChI is InChI=1S/C23H25ClN4O3S/c1-16-15-22(17(2)14-19(16)24)32(29,30)28-12-10-27(11-13-28)23-9-8-20(25-26-23)18-6-4-5-7-21(18)31-3/h4-9,14-15H,10-13H2,1-3H3. The first kappa shape index (κ1) is 22.5. The van der Waals surface area contributed by atoms with Gasteiger partial charge < -0.3 is 9.64 Å². The van der Waals surface area contributed by atoms with Crippen molar-refractivity contribution in [3.8, 4) is 17.0 Å². The van der Waals surface area contributed by atoms with Crippen molar-refractivity contribution in [1.29, 1.82) is 0 Å². The second-order valence-electron chi connectivity index (χ2n) is 7.74. The van der Waals surface area contributed by atoms with E-state index < -0.39 is 10.0 Å². The lowest BCUT2D eigenvalue weighted by molar-refractivity contribution is 0.383. The Balaban J connectivity index is 1.47. The molecule has 3 aromatic rings. The summed E-state index contributed by atoms with van der Waals surface area (Å²) in [7, 11) is -1.96. The zero-order valence-electron chi connectivity index (χ0n) is 18.2. The van der Waals surface area contributed by atoms with Crippen molar-refractivity contribution in [3.63, 3.8) is 0 Å². The number of hydrogen-bond acceptors (Lipinski definition) is 6. The Hall–Kier alpha value is -2.68. The van der Waals surface area contributed by atoms with Crippen molar-refractivity contribution < 1.29 is 13.2 Å². The van der Waals surface area contributed by atoms with Gasteiger partial charge >= 0.3 is 0 Å². The second-order valence-corrected chi connectivity index (χ2v) is 10.0. The van der Waals surface area contributed by atoms with Gasteiger partial charge in [-0.15, -0.1) is 10.2 Å². The van der Waals surface area contributed by atoms with E-state index in [-0.39, 0.29) is 0 Å². The topological polar surface area (TPSA) is 75.6 Å². The van der Waals surface area contributed by atoms with Crippen molar-refractivity contribution >= 4 is 27.4 Å². The molecule has 1 fully saturated rings. The van der Waals surface area contributed by atoms with Gasteiger partial charge in [-0.25, -0.2) is 8.42 Å². The van der Waals surface area contributed by atoms with Gasteiger partial charge in [0.2, 0.25) is 10.0 Å². The van der Waals surface area contributed by atoms with Crippen molar-refractivity contribution in [1.82, 2.24) is 14.5 Å². The van der Waals surface area contributed by atoms with E-state index in [1.165, 1.54) is 4.31 Å². The minimum atomic E-state index is -3.59. The van der Waals surface area contributed by atoms with Crippen LogP contribution in [0.1, 0.15) is 11.1 Å². The van der Waals surface area contributed by atoms with Crippen molar-refractivity contribution in [3.05, 3.63) is 64.7 Å². The molecule has 0 radical (unpaired) electrons. The second kappa shape index (κ2) is 9.05. The number of aryl methyl sites for hydroxylation is 2. The summed E-state index contributed by atoms with van der Waals surface area (Å²) in [6.45, 7) is 5.40. The van der Waals surface area contributed by atoms with E-state index in [4.69, 9.17) is 16.3 Å². The highest BCUT2D eigenvalue weighted by molar-refractivity contribution is 7.89. The fourth-order valence-corrected chi connectivity index (χ4v) is 5.75. The number of aromatic nitrogens is 2. The molecule has 0 unspecified atom stereocenters. The molecule has 0 atom stereocenters. The maximum Gasteiger partial charge on any atom is 0.243 e. The number of anilines is 1. The van der Waals surface area contributed by atoms with Crippen LogP contribution in [0.2, 0.25) is 5.02 Å². The molecule has 1 aliphatic rings. The van der Waals surface area contributed by atoms with Gasteiger partial charge in [0.05, 0.1) is 17.7 Å². The number of piperazine rings is 1. The lowest BCUT2D eigenvalue weighted by Crippen LogP contribution is -2.49. The van der Waals surface area contributed by atoms with E-state index in [0.29, 0.717) is 41.7 Å². The molecule has 4 rings (SSSR count). The third kappa shape index (κ3) is 4.30. The molecule has 0 amide bonds. The molecule has 1 aromatic heterocycles. The number of para-hydroxylation sites is 1. The SMILES string of the molecule is COc1ccccc1-c1ccc(N2CCN(S(=O)(=O)c3cc(C)c(Cl)cc3C)CC2)nn1. The quantitative estimate of drug-likeness (QED) is 0.560. The molecule has 2 heterocycles. The Morgan fingerprint density at radius 1 is 0.938 bits per heavy atom. The summed E-state index contributed by atoms with van der Waals surface area (Å²) in [6.07, 6.45) is 0. The first-order valence-electron chi connectivity index (χ1n) is 10.3. The number of hydrogen-bond donors (Lipinski definition) is 0. The van der Waals surface area contributed by atoms with Gasteiger partial charge in [0.25, 0.3) is 0 Å². The maximum atomic E-state index is 13.2. The fourth-order valence-electron chi connectivity index (χ4n) is 3.82. The summed E-state index contributed by atoms with van der Waals surface area (Å²) in [6, 6.07) is 14.8. The van der Waals surface area contributed by atoms with Crippen LogP contribution in [0.3, 0.4) is 0 Å². The van der Waals surface area contributed by atoms with Crippen LogP contribution in [0.15, 0.2) is 53.4 Å². The predicted octanol–water partition coefficient (Wildman–Crippen LogP) is 3.93. The third-order valence-corrected chi connectivity index (χ3v) is 8.12. The van der Waals surface area contributed by atoms with Gasteiger partial charge in [-0.1, -0.05) is 23.7 Å². The Bertz CT molecular complexity index is 1220. The van der Waals surface area contributed by atoms with Gasteiger partial charge in [0, 0.05) is 36.8 Å². The molecular formula is C23H25ClN4O3S. The molecule has 1 aliphatic heterocycles. The fraction of sp³-hybridized carbons (Fsp3) is 0.304. The number of rotatable bonds is 5. The summed E-state index contributed by atoms with van der Waals surface area (Å²) in [5.41, 5.74) is 3.00. The molecule has 0 saturated carbocycles. The third-order valence-electron chi connectivity index (χ3n) is 5.67. The number of sulfonamides is 1. The minimum absolute atomic E-state index is 0.314. The van der Waals surface area contributed by atoms with Gasteiger partial charge in [0.1, 0.15) is 5.75 Å². The van der Waals surface area contributed by atoms with Crippen molar-refractivity contribution in [2.75, 3.05) is 38.2 Å². The van der Waals surface area contributed by atoms with E-state index in [0.717, 1.165) is 28.4 Å². The highest BCUT2D eigenvalue weighted by atomic mass is 35.5. The minimum Gasteiger partial charge on any atom is -0.496 e. The van der Waals surface area contributed by atoms with Gasteiger partial charge in [-0.2, -0.15) is 4.31 Å². The number of methoxy groups -OCH3 is 1. The number of benzene rings is 2. The zero-order valence-corrected chi connectivity index (χ0v) is 19.8. The molecule has 168 valence electrons. The molecule has 2 aromatic carbocycles. The number of ether oxygens (including phenoxy) is 1. The average molecular weight is 473 g/mol. The van der Waals surface area contributed by atoms with Crippen molar-refractivity contribution in [2.24, 2.45) is 0 Å². The average Bonchev–Trinajstić information content (AvgIpc) is 2.81. The Kier molecular flexibility index (Phi) is 6.37. The van der Waals surface area contributed by atoms with Crippen LogP contribution in [-0.2, 0) is 10.0 Å². The van der Waals surface area contributed by atoms with E-state index in [2.05, 4.69) is 10.2 Å². The van der Waals surface area contributed by atoms with Crippen LogP contribution >= 0.6 is 11.6 Å². The molecule has 9 heteroatoms. The summed E-state index contributed by atoms with van der Waals surface area (Å²) in [5.74, 6) is 1.46. The van der Waals surface area contributed by atoms with Crippen LogP contribution in [-0.4, -0.2) is 56.2 Å². The lowest BCUT2D eigenvalue weighted by atomic mass is 10.1. The van der Waals surface area contributed by atoms with Crippen molar-refractivity contribution in [2.45, 2.75) is 18.7 Å². The molecule has 0 aliphatic carbocycles. The molecule has 32 heavy (non-hydrogen) atoms. The van der Waals surface area contributed by atoms with Gasteiger partial charge in [-0.3, -0.25) is 0 Å². The number of halogens is 1. The summed E-state index contributed by atoms with van der Waals surface area (Å²) in [4.78, 5) is 2.36. The Morgan fingerprint density at radius 3 is 2.31 bits per heavy atom. The monoisotopic (exact) mass is 472 g/mol. The van der Waals surface area contributed by atoms with Gasteiger partial charge in [0.15, 0.2) is 5.82 Å². The lowest BCUT2D eigenvalue weighted by Gasteiger charge is -2.34. The first-order chi connectivity index (χ1) is 15.3. The zero-order chi connectivity index (χ0) is 22.9. The molecule has 0 spiro atoms. The summed E-state index contributed by atoms with van der Waals surface area (Å²) in [5, 5.41) is 9.31. The van der Waals surface area contributed by atoms with E-state index in [1.54, 1.807) is 26.2 Å².